The summed E-state index contributed by atoms with van der Waals surface area (Å²) in [4.78, 5) is 0. The molecule has 2 aromatic carbocycles. The van der Waals surface area contributed by atoms with Crippen molar-refractivity contribution in [2.24, 2.45) is 0 Å². The summed E-state index contributed by atoms with van der Waals surface area (Å²) >= 11 is 12.4. The fraction of sp³-hybridized carbons (Fsp3) is 0.133. The zero-order valence-corrected chi connectivity index (χ0v) is 13.5. The molecule has 0 unspecified atom stereocenters. The van der Waals surface area contributed by atoms with Gasteiger partial charge >= 0.3 is 6.18 Å². The molecule has 0 fully saturated rings. The van der Waals surface area contributed by atoms with Gasteiger partial charge in [0.1, 0.15) is 4.32 Å². The van der Waals surface area contributed by atoms with Crippen LogP contribution >= 0.6 is 35.6 Å². The van der Waals surface area contributed by atoms with Crippen LogP contribution in [0.1, 0.15) is 11.1 Å². The minimum absolute atomic E-state index is 0.495. The zero-order chi connectivity index (χ0) is 16.2. The maximum Gasteiger partial charge on any atom is 0.416 e. The van der Waals surface area contributed by atoms with E-state index in [0.717, 1.165) is 17.7 Å². The molecule has 2 rings (SSSR count). The Labute approximate surface area is 140 Å². The molecule has 22 heavy (non-hydrogen) atoms. The number of nitrogens with one attached hydrogen (secondary N) is 1. The van der Waals surface area contributed by atoms with E-state index >= 15 is 0 Å². The summed E-state index contributed by atoms with van der Waals surface area (Å²) in [6.07, 6.45) is -4.33. The van der Waals surface area contributed by atoms with Crippen LogP contribution in [0.3, 0.4) is 0 Å². The monoisotopic (exact) mass is 361 g/mol. The minimum atomic E-state index is -4.33. The molecule has 0 aliphatic rings. The van der Waals surface area contributed by atoms with Crippen LogP contribution in [0.2, 0.25) is 5.02 Å². The second-order valence-corrected chi connectivity index (χ2v) is 6.49. The minimum Gasteiger partial charge on any atom is -0.341 e. The van der Waals surface area contributed by atoms with Crippen molar-refractivity contribution in [3.63, 3.8) is 0 Å². The summed E-state index contributed by atoms with van der Waals surface area (Å²) in [6, 6.07) is 12.2. The van der Waals surface area contributed by atoms with Crippen molar-refractivity contribution in [2.45, 2.75) is 11.9 Å². The molecule has 0 atom stereocenters. The number of alkyl halides is 3. The van der Waals surface area contributed by atoms with Gasteiger partial charge in [-0.15, -0.1) is 0 Å². The number of thiocarbonyl (C=S) groups is 1. The molecule has 0 heterocycles. The van der Waals surface area contributed by atoms with E-state index in [0.29, 0.717) is 20.8 Å². The Morgan fingerprint density at radius 1 is 1.05 bits per heavy atom. The Kier molecular flexibility index (Phi) is 5.72. The van der Waals surface area contributed by atoms with E-state index in [-0.39, 0.29) is 0 Å². The highest BCUT2D eigenvalue weighted by Gasteiger charge is 2.29. The van der Waals surface area contributed by atoms with Crippen LogP contribution in [0.4, 0.5) is 18.9 Å². The van der Waals surface area contributed by atoms with Gasteiger partial charge in [-0.2, -0.15) is 13.2 Å². The summed E-state index contributed by atoms with van der Waals surface area (Å²) < 4.78 is 37.9. The molecule has 0 aromatic heterocycles. The van der Waals surface area contributed by atoms with Crippen LogP contribution in [0.15, 0.2) is 48.5 Å². The van der Waals surface area contributed by atoms with E-state index in [4.69, 9.17) is 23.8 Å². The van der Waals surface area contributed by atoms with Gasteiger partial charge in [0.15, 0.2) is 0 Å². The highest BCUT2D eigenvalue weighted by atomic mass is 35.5. The Morgan fingerprint density at radius 2 is 1.64 bits per heavy atom. The van der Waals surface area contributed by atoms with Crippen molar-refractivity contribution in [2.75, 3.05) is 5.32 Å². The average molecular weight is 362 g/mol. The Balaban J connectivity index is 1.88. The second kappa shape index (κ2) is 7.35. The van der Waals surface area contributed by atoms with Gasteiger partial charge < -0.3 is 5.32 Å². The molecule has 1 nitrogen and oxygen atoms in total. The molecule has 0 saturated carbocycles. The van der Waals surface area contributed by atoms with Gasteiger partial charge in [0.2, 0.25) is 0 Å². The third-order valence-corrected chi connectivity index (χ3v) is 4.29. The van der Waals surface area contributed by atoms with E-state index in [1.54, 1.807) is 12.1 Å². The molecule has 2 aromatic rings. The highest BCUT2D eigenvalue weighted by molar-refractivity contribution is 8.22. The standard InChI is InChI=1S/C15H11ClF3NS2/c16-12-5-1-10(2-6-12)9-22-14(21)20-13-7-3-11(4-8-13)15(17,18)19/h1-8H,9H2,(H,20,21). The van der Waals surface area contributed by atoms with Crippen LogP contribution in [0.25, 0.3) is 0 Å². The normalized spacial score (nSPS) is 11.3. The number of benzene rings is 2. The average Bonchev–Trinajstić information content (AvgIpc) is 2.46. The Hall–Kier alpha value is -1.24. The van der Waals surface area contributed by atoms with Crippen molar-refractivity contribution >= 4 is 45.6 Å². The van der Waals surface area contributed by atoms with Crippen LogP contribution in [0.5, 0.6) is 0 Å². The smallest absolute Gasteiger partial charge is 0.341 e. The van der Waals surface area contributed by atoms with E-state index in [1.807, 2.05) is 12.1 Å². The fourth-order valence-corrected chi connectivity index (χ4v) is 2.73. The van der Waals surface area contributed by atoms with Crippen LogP contribution in [0, 0.1) is 0 Å². The van der Waals surface area contributed by atoms with Crippen molar-refractivity contribution in [1.29, 1.82) is 0 Å². The molecule has 0 aliphatic heterocycles. The fourth-order valence-electron chi connectivity index (χ4n) is 1.63. The molecule has 0 bridgehead atoms. The second-order valence-electron chi connectivity index (χ2n) is 4.40. The van der Waals surface area contributed by atoms with Crippen molar-refractivity contribution in [3.8, 4) is 0 Å². The summed E-state index contributed by atoms with van der Waals surface area (Å²) in [7, 11) is 0. The first kappa shape index (κ1) is 17.1. The first-order chi connectivity index (χ1) is 10.3. The lowest BCUT2D eigenvalue weighted by Gasteiger charge is -2.10. The number of halogens is 4. The maximum absolute atomic E-state index is 12.5. The van der Waals surface area contributed by atoms with Gasteiger partial charge in [-0.25, -0.2) is 0 Å². The molecule has 0 aliphatic carbocycles. The topological polar surface area (TPSA) is 12.0 Å². The summed E-state index contributed by atoms with van der Waals surface area (Å²) in [5, 5.41) is 3.57. The Bertz CT molecular complexity index is 639. The van der Waals surface area contributed by atoms with Gasteiger partial charge in [-0.1, -0.05) is 47.7 Å². The lowest BCUT2D eigenvalue weighted by Crippen LogP contribution is -2.07. The number of anilines is 1. The van der Waals surface area contributed by atoms with E-state index < -0.39 is 11.7 Å². The molecular weight excluding hydrogens is 351 g/mol. The third kappa shape index (κ3) is 5.19. The zero-order valence-electron chi connectivity index (χ0n) is 11.2. The molecular formula is C15H11ClF3NS2. The molecule has 0 saturated heterocycles. The van der Waals surface area contributed by atoms with Gasteiger partial charge in [0.25, 0.3) is 0 Å². The first-order valence-corrected chi connectivity index (χ1v) is 7.97. The van der Waals surface area contributed by atoms with E-state index in [9.17, 15) is 13.2 Å². The lowest BCUT2D eigenvalue weighted by atomic mass is 10.2. The van der Waals surface area contributed by atoms with Crippen molar-refractivity contribution < 1.29 is 13.2 Å². The van der Waals surface area contributed by atoms with Crippen LogP contribution in [-0.4, -0.2) is 4.32 Å². The van der Waals surface area contributed by atoms with Crippen molar-refractivity contribution in [3.05, 3.63) is 64.7 Å². The quantitative estimate of drug-likeness (QED) is 0.674. The molecule has 1 N–H and O–H groups in total. The number of thioether (sulfide) groups is 1. The summed E-state index contributed by atoms with van der Waals surface area (Å²) in [5.74, 6) is 0.656. The molecule has 0 spiro atoms. The lowest BCUT2D eigenvalue weighted by molar-refractivity contribution is -0.137. The van der Waals surface area contributed by atoms with E-state index in [2.05, 4.69) is 5.32 Å². The van der Waals surface area contributed by atoms with Crippen LogP contribution in [-0.2, 0) is 11.9 Å². The molecule has 7 heteroatoms. The van der Waals surface area contributed by atoms with Crippen molar-refractivity contribution in [1.82, 2.24) is 0 Å². The third-order valence-electron chi connectivity index (χ3n) is 2.74. The first-order valence-electron chi connectivity index (χ1n) is 6.20. The number of rotatable bonds is 3. The molecule has 0 radical (unpaired) electrons. The molecule has 0 amide bonds. The van der Waals surface area contributed by atoms with E-state index in [1.165, 1.54) is 23.9 Å². The van der Waals surface area contributed by atoms with Gasteiger partial charge in [0, 0.05) is 16.5 Å². The summed E-state index contributed by atoms with van der Waals surface area (Å²) in [5.41, 5.74) is 0.908. The van der Waals surface area contributed by atoms with Crippen LogP contribution < -0.4 is 5.32 Å². The van der Waals surface area contributed by atoms with Gasteiger partial charge in [0.05, 0.1) is 5.56 Å². The maximum atomic E-state index is 12.5. The van der Waals surface area contributed by atoms with Gasteiger partial charge in [-0.3, -0.25) is 0 Å². The molecule has 116 valence electrons. The Morgan fingerprint density at radius 3 is 2.18 bits per heavy atom. The summed E-state index contributed by atoms with van der Waals surface area (Å²) in [6.45, 7) is 0. The van der Waals surface area contributed by atoms with Gasteiger partial charge in [-0.05, 0) is 42.0 Å². The highest BCUT2D eigenvalue weighted by Crippen LogP contribution is 2.30. The number of hydrogen-bond acceptors (Lipinski definition) is 2. The number of hydrogen-bond donors (Lipinski definition) is 1. The predicted molar refractivity (Wildman–Crippen MR) is 90.4 cm³/mol. The SMILES string of the molecule is FC(F)(F)c1ccc(NC(=S)SCc2ccc(Cl)cc2)cc1. The predicted octanol–water partition coefficient (Wildman–Crippen LogP) is 5.99. The largest absolute Gasteiger partial charge is 0.416 e.